The molecule has 0 saturated heterocycles. The van der Waals surface area contributed by atoms with Crippen LogP contribution < -0.4 is 0 Å². The number of hydrogen-bond donors (Lipinski definition) is 1. The molecule has 0 saturated carbocycles. The predicted octanol–water partition coefficient (Wildman–Crippen LogP) is 3.27. The van der Waals surface area contributed by atoms with Gasteiger partial charge in [0.2, 0.25) is 0 Å². The molecule has 0 atom stereocenters. The number of carboxylic acids is 1. The lowest BCUT2D eigenvalue weighted by molar-refractivity contribution is 0.0702. The van der Waals surface area contributed by atoms with Crippen molar-refractivity contribution < 1.29 is 14.3 Å². The molecule has 2 heterocycles. The van der Waals surface area contributed by atoms with Crippen molar-refractivity contribution in [3.63, 3.8) is 0 Å². The lowest BCUT2D eigenvalue weighted by atomic mass is 10.3. The van der Waals surface area contributed by atoms with Gasteiger partial charge in [-0.05, 0) is 17.7 Å². The standard InChI is InChI=1S/C11H8FNO2S2/c12-8-1-7(3-13-4-8)5-16-9-2-10(11(14)15)17-6-9/h1-4,6H,5H2,(H,14,15). The first kappa shape index (κ1) is 12.1. The van der Waals surface area contributed by atoms with E-state index in [1.54, 1.807) is 17.6 Å². The molecule has 0 radical (unpaired) electrons. The van der Waals surface area contributed by atoms with Crippen LogP contribution in [0.3, 0.4) is 0 Å². The number of halogens is 1. The average molecular weight is 269 g/mol. The van der Waals surface area contributed by atoms with Crippen LogP contribution in [0.5, 0.6) is 0 Å². The molecule has 0 aliphatic heterocycles. The fourth-order valence-corrected chi connectivity index (χ4v) is 3.00. The molecule has 2 rings (SSSR count). The number of thioether (sulfide) groups is 1. The molecule has 0 fully saturated rings. The van der Waals surface area contributed by atoms with Crippen molar-refractivity contribution in [3.05, 3.63) is 46.2 Å². The first-order valence-corrected chi connectivity index (χ1v) is 6.56. The van der Waals surface area contributed by atoms with Crippen molar-refractivity contribution in [2.75, 3.05) is 0 Å². The molecule has 1 N–H and O–H groups in total. The molecular formula is C11H8FNO2S2. The lowest BCUT2D eigenvalue weighted by Gasteiger charge is -1.98. The predicted molar refractivity (Wildman–Crippen MR) is 65.0 cm³/mol. The van der Waals surface area contributed by atoms with Crippen LogP contribution in [0.25, 0.3) is 0 Å². The van der Waals surface area contributed by atoms with Crippen molar-refractivity contribution in [2.24, 2.45) is 0 Å². The van der Waals surface area contributed by atoms with Gasteiger partial charge in [0.1, 0.15) is 10.7 Å². The maximum Gasteiger partial charge on any atom is 0.345 e. The first-order chi connectivity index (χ1) is 8.15. The van der Waals surface area contributed by atoms with Crippen molar-refractivity contribution in [1.82, 2.24) is 4.98 Å². The van der Waals surface area contributed by atoms with E-state index in [-0.39, 0.29) is 5.82 Å². The van der Waals surface area contributed by atoms with Gasteiger partial charge in [-0.1, -0.05) is 0 Å². The largest absolute Gasteiger partial charge is 0.477 e. The summed E-state index contributed by atoms with van der Waals surface area (Å²) in [4.78, 5) is 15.6. The number of aromatic nitrogens is 1. The van der Waals surface area contributed by atoms with Gasteiger partial charge in [-0.15, -0.1) is 23.1 Å². The third-order valence-electron chi connectivity index (χ3n) is 1.95. The van der Waals surface area contributed by atoms with E-state index in [2.05, 4.69) is 4.98 Å². The molecule has 0 aliphatic carbocycles. The molecule has 0 aliphatic rings. The fraction of sp³-hybridized carbons (Fsp3) is 0.0909. The Hall–Kier alpha value is -1.40. The molecule has 0 bridgehead atoms. The number of carbonyl (C=O) groups is 1. The number of nitrogens with zero attached hydrogens (tertiary/aromatic N) is 1. The smallest absolute Gasteiger partial charge is 0.345 e. The van der Waals surface area contributed by atoms with Gasteiger partial charge in [0, 0.05) is 22.2 Å². The summed E-state index contributed by atoms with van der Waals surface area (Å²) >= 11 is 2.65. The van der Waals surface area contributed by atoms with Gasteiger partial charge < -0.3 is 5.11 Å². The van der Waals surface area contributed by atoms with Gasteiger partial charge in [0.25, 0.3) is 0 Å². The molecular weight excluding hydrogens is 261 g/mol. The third kappa shape index (κ3) is 3.28. The van der Waals surface area contributed by atoms with E-state index in [4.69, 9.17) is 5.11 Å². The fourth-order valence-electron chi connectivity index (χ4n) is 1.21. The van der Waals surface area contributed by atoms with Gasteiger partial charge in [-0.3, -0.25) is 4.98 Å². The summed E-state index contributed by atoms with van der Waals surface area (Å²) in [6.45, 7) is 0. The van der Waals surface area contributed by atoms with Gasteiger partial charge in [-0.2, -0.15) is 0 Å². The van der Waals surface area contributed by atoms with Crippen LogP contribution in [0.4, 0.5) is 4.39 Å². The van der Waals surface area contributed by atoms with Crippen molar-refractivity contribution in [3.8, 4) is 0 Å². The molecule has 6 heteroatoms. The first-order valence-electron chi connectivity index (χ1n) is 4.69. The molecule has 2 aromatic rings. The van der Waals surface area contributed by atoms with Gasteiger partial charge in [0.15, 0.2) is 0 Å². The number of hydrogen-bond acceptors (Lipinski definition) is 4. The molecule has 0 aromatic carbocycles. The molecule has 88 valence electrons. The Labute approximate surface area is 105 Å². The second kappa shape index (κ2) is 5.29. The number of carboxylic acid groups (broad SMARTS) is 1. The zero-order valence-electron chi connectivity index (χ0n) is 8.59. The number of pyridine rings is 1. The normalized spacial score (nSPS) is 10.4. The summed E-state index contributed by atoms with van der Waals surface area (Å²) in [6.07, 6.45) is 2.75. The molecule has 2 aromatic heterocycles. The summed E-state index contributed by atoms with van der Waals surface area (Å²) in [5.41, 5.74) is 0.776. The minimum atomic E-state index is -0.922. The number of rotatable bonds is 4. The Balaban J connectivity index is 2.00. The van der Waals surface area contributed by atoms with E-state index in [9.17, 15) is 9.18 Å². The number of aromatic carboxylic acids is 1. The lowest BCUT2D eigenvalue weighted by Crippen LogP contribution is -1.89. The Kier molecular flexibility index (Phi) is 3.75. The van der Waals surface area contributed by atoms with Gasteiger partial charge in [-0.25, -0.2) is 9.18 Å². The van der Waals surface area contributed by atoms with Crippen LogP contribution in [0.1, 0.15) is 15.2 Å². The topological polar surface area (TPSA) is 50.2 Å². The Bertz CT molecular complexity index is 542. The van der Waals surface area contributed by atoms with Crippen LogP contribution in [-0.2, 0) is 5.75 Å². The maximum absolute atomic E-state index is 12.9. The van der Waals surface area contributed by atoms with Crippen LogP contribution >= 0.6 is 23.1 Å². The van der Waals surface area contributed by atoms with Crippen molar-refractivity contribution in [1.29, 1.82) is 0 Å². The summed E-state index contributed by atoms with van der Waals surface area (Å²) < 4.78 is 12.9. The van der Waals surface area contributed by atoms with E-state index in [1.165, 1.54) is 29.2 Å². The van der Waals surface area contributed by atoms with E-state index < -0.39 is 5.97 Å². The molecule has 0 unspecified atom stereocenters. The molecule has 0 amide bonds. The van der Waals surface area contributed by atoms with Gasteiger partial charge in [0.05, 0.1) is 6.20 Å². The summed E-state index contributed by atoms with van der Waals surface area (Å²) in [5, 5.41) is 10.5. The SMILES string of the molecule is O=C(O)c1cc(SCc2cncc(F)c2)cs1. The third-order valence-corrected chi connectivity index (χ3v) is 4.07. The van der Waals surface area contributed by atoms with Crippen LogP contribution in [0, 0.1) is 5.82 Å². The van der Waals surface area contributed by atoms with E-state index in [0.717, 1.165) is 16.7 Å². The van der Waals surface area contributed by atoms with Crippen LogP contribution in [0.15, 0.2) is 34.8 Å². The highest BCUT2D eigenvalue weighted by Gasteiger charge is 2.07. The minimum Gasteiger partial charge on any atom is -0.477 e. The zero-order chi connectivity index (χ0) is 12.3. The Morgan fingerprint density at radius 1 is 1.47 bits per heavy atom. The Morgan fingerprint density at radius 3 is 2.94 bits per heavy atom. The summed E-state index contributed by atoms with van der Waals surface area (Å²) in [5.74, 6) is -0.713. The average Bonchev–Trinajstić information content (AvgIpc) is 2.75. The van der Waals surface area contributed by atoms with E-state index in [0.29, 0.717) is 10.6 Å². The second-order valence-corrected chi connectivity index (χ2v) is 5.21. The van der Waals surface area contributed by atoms with Crippen molar-refractivity contribution in [2.45, 2.75) is 10.6 Å². The van der Waals surface area contributed by atoms with Crippen LogP contribution in [0.2, 0.25) is 0 Å². The Morgan fingerprint density at radius 2 is 2.29 bits per heavy atom. The van der Waals surface area contributed by atoms with Crippen molar-refractivity contribution >= 4 is 29.1 Å². The summed E-state index contributed by atoms with van der Waals surface area (Å²) in [7, 11) is 0. The zero-order valence-corrected chi connectivity index (χ0v) is 10.2. The quantitative estimate of drug-likeness (QED) is 0.865. The highest BCUT2D eigenvalue weighted by molar-refractivity contribution is 7.98. The number of thiophene rings is 1. The maximum atomic E-state index is 12.9. The molecule has 0 spiro atoms. The highest BCUT2D eigenvalue weighted by atomic mass is 32.2. The second-order valence-electron chi connectivity index (χ2n) is 3.25. The highest BCUT2D eigenvalue weighted by Crippen LogP contribution is 2.27. The molecule has 17 heavy (non-hydrogen) atoms. The van der Waals surface area contributed by atoms with Crippen LogP contribution in [-0.4, -0.2) is 16.1 Å². The summed E-state index contributed by atoms with van der Waals surface area (Å²) in [6, 6.07) is 3.04. The monoisotopic (exact) mass is 269 g/mol. The minimum absolute atomic E-state index is 0.310. The van der Waals surface area contributed by atoms with E-state index >= 15 is 0 Å². The van der Waals surface area contributed by atoms with Gasteiger partial charge >= 0.3 is 5.97 Å². The van der Waals surface area contributed by atoms with E-state index in [1.807, 2.05) is 0 Å². The molecule has 3 nitrogen and oxygen atoms in total.